The molecule has 3 aromatic carbocycles. The number of para-hydroxylation sites is 1. The van der Waals surface area contributed by atoms with E-state index in [1.54, 1.807) is 0 Å². The van der Waals surface area contributed by atoms with Gasteiger partial charge >= 0.3 is 0 Å². The van der Waals surface area contributed by atoms with Crippen molar-refractivity contribution < 1.29 is 19.5 Å². The van der Waals surface area contributed by atoms with E-state index in [9.17, 15) is 10.2 Å². The second-order valence-electron chi connectivity index (χ2n) is 9.85. The number of rotatable bonds is 4. The Morgan fingerprint density at radius 2 is 1.81 bits per heavy atom. The molecule has 6 heteroatoms. The van der Waals surface area contributed by atoms with Gasteiger partial charge in [-0.15, -0.1) is 0 Å². The van der Waals surface area contributed by atoms with Crippen LogP contribution in [0, 0.1) is 0 Å². The summed E-state index contributed by atoms with van der Waals surface area (Å²) in [6.07, 6.45) is 1.74. The van der Waals surface area contributed by atoms with E-state index >= 15 is 0 Å². The van der Waals surface area contributed by atoms with E-state index < -0.39 is 11.2 Å². The molecule has 2 aliphatic rings. The van der Waals surface area contributed by atoms with E-state index in [1.165, 1.54) is 0 Å². The van der Waals surface area contributed by atoms with Crippen molar-refractivity contribution in [2.45, 2.75) is 37.1 Å². The third-order valence-corrected chi connectivity index (χ3v) is 7.93. The molecule has 2 aromatic heterocycles. The molecule has 0 unspecified atom stereocenters. The van der Waals surface area contributed by atoms with Gasteiger partial charge in [0, 0.05) is 24.5 Å². The van der Waals surface area contributed by atoms with Gasteiger partial charge < -0.3 is 24.0 Å². The average molecular weight is 479 g/mol. The average Bonchev–Trinajstić information content (AvgIpc) is 3.49. The zero-order valence-electron chi connectivity index (χ0n) is 19.9. The van der Waals surface area contributed by atoms with Crippen LogP contribution in [-0.4, -0.2) is 19.9 Å². The van der Waals surface area contributed by atoms with Crippen LogP contribution >= 0.6 is 0 Å². The van der Waals surface area contributed by atoms with Crippen LogP contribution in [-0.2, 0) is 31.3 Å². The van der Waals surface area contributed by atoms with E-state index in [1.807, 2.05) is 90.5 Å². The number of fused-ring (bicyclic) bond motifs is 3. The van der Waals surface area contributed by atoms with Gasteiger partial charge in [0.05, 0.1) is 16.8 Å². The Labute approximate surface area is 208 Å². The molecule has 2 heterocycles. The highest BCUT2D eigenvalue weighted by atomic mass is 16.5. The Bertz CT molecular complexity index is 1620. The van der Waals surface area contributed by atoms with E-state index in [0.717, 1.165) is 16.5 Å². The molecule has 180 valence electrons. The molecule has 5 aromatic rings. The summed E-state index contributed by atoms with van der Waals surface area (Å²) in [4.78, 5) is 0. The summed E-state index contributed by atoms with van der Waals surface area (Å²) in [6.45, 7) is 0.369. The third kappa shape index (κ3) is 2.71. The minimum absolute atomic E-state index is 0.369. The van der Waals surface area contributed by atoms with Gasteiger partial charge in [-0.2, -0.15) is 0 Å². The van der Waals surface area contributed by atoms with Crippen LogP contribution in [0.2, 0.25) is 0 Å². The van der Waals surface area contributed by atoms with Gasteiger partial charge in [0.25, 0.3) is 0 Å². The summed E-state index contributed by atoms with van der Waals surface area (Å²) in [5, 5.41) is 30.7. The largest absolute Gasteiger partial charge is 0.488 e. The number of nitrogens with zero attached hydrogens (tertiary/aromatic N) is 2. The van der Waals surface area contributed by atoms with E-state index in [4.69, 9.17) is 9.26 Å². The Hall–Kier alpha value is -3.87. The van der Waals surface area contributed by atoms with Gasteiger partial charge in [-0.25, -0.2) is 0 Å². The monoisotopic (exact) mass is 478 g/mol. The first-order valence-corrected chi connectivity index (χ1v) is 12.3. The van der Waals surface area contributed by atoms with Crippen LogP contribution < -0.4 is 4.74 Å². The van der Waals surface area contributed by atoms with E-state index in [2.05, 4.69) is 5.16 Å². The second kappa shape index (κ2) is 7.56. The maximum atomic E-state index is 12.8. The minimum Gasteiger partial charge on any atom is -0.488 e. The Morgan fingerprint density at radius 3 is 2.64 bits per heavy atom. The van der Waals surface area contributed by atoms with Crippen LogP contribution in [0.15, 0.2) is 83.4 Å². The van der Waals surface area contributed by atoms with Crippen LogP contribution in [0.25, 0.3) is 22.2 Å². The SMILES string of the molecule is Cn1c([C@@]2(O)c3cccc(OCc4ccccc4)c3-c3noc4c3[C@]2(O)CCC4)cc2ccccc21. The van der Waals surface area contributed by atoms with Crippen molar-refractivity contribution in [1.29, 1.82) is 0 Å². The standard InChI is InChI=1S/C30H26N2O4/c1-32-22-13-6-5-11-20(22)17-25(32)30(34)21-12-7-14-23(35-18-19-9-3-2-4-10-19)26(21)28-27-24(36-31-28)15-8-16-29(27,30)33/h2-7,9-14,17,33-34H,8,15-16,18H2,1H3/t29-,30+/m1/s1. The molecular weight excluding hydrogens is 452 g/mol. The summed E-state index contributed by atoms with van der Waals surface area (Å²) in [6, 6.07) is 25.5. The van der Waals surface area contributed by atoms with Crippen LogP contribution in [0.3, 0.4) is 0 Å². The lowest BCUT2D eigenvalue weighted by molar-refractivity contribution is -0.154. The molecule has 7 rings (SSSR count). The molecule has 2 N–H and O–H groups in total. The maximum Gasteiger partial charge on any atom is 0.163 e. The molecule has 2 atom stereocenters. The lowest BCUT2D eigenvalue weighted by atomic mass is 9.61. The molecule has 0 spiro atoms. The summed E-state index contributed by atoms with van der Waals surface area (Å²) in [5.74, 6) is 1.22. The lowest BCUT2D eigenvalue weighted by Crippen LogP contribution is -2.54. The van der Waals surface area contributed by atoms with E-state index in [-0.39, 0.29) is 0 Å². The molecule has 0 saturated carbocycles. The Kier molecular flexibility index (Phi) is 4.50. The minimum atomic E-state index is -1.74. The van der Waals surface area contributed by atoms with Gasteiger partial charge in [0.15, 0.2) is 5.60 Å². The number of ether oxygens (including phenoxy) is 1. The van der Waals surface area contributed by atoms with Crippen molar-refractivity contribution in [1.82, 2.24) is 9.72 Å². The van der Waals surface area contributed by atoms with Crippen LogP contribution in [0.1, 0.15) is 41.0 Å². The second-order valence-corrected chi connectivity index (χ2v) is 9.85. The molecule has 36 heavy (non-hydrogen) atoms. The summed E-state index contributed by atoms with van der Waals surface area (Å²) in [7, 11) is 1.93. The number of aromatic nitrogens is 2. The van der Waals surface area contributed by atoms with Crippen molar-refractivity contribution in [3.63, 3.8) is 0 Å². The molecule has 0 fully saturated rings. The normalized spacial score (nSPS) is 22.3. The van der Waals surface area contributed by atoms with Crippen molar-refractivity contribution in [2.75, 3.05) is 0 Å². The van der Waals surface area contributed by atoms with Gasteiger partial charge in [0.2, 0.25) is 0 Å². The number of benzene rings is 3. The zero-order chi connectivity index (χ0) is 24.5. The maximum absolute atomic E-state index is 12.8. The van der Waals surface area contributed by atoms with Crippen LogP contribution in [0.4, 0.5) is 0 Å². The van der Waals surface area contributed by atoms with Crippen molar-refractivity contribution in [3.8, 4) is 17.0 Å². The zero-order valence-corrected chi connectivity index (χ0v) is 19.9. The number of aliphatic hydroxyl groups is 2. The molecule has 2 aliphatic carbocycles. The topological polar surface area (TPSA) is 80.7 Å². The number of hydrogen-bond donors (Lipinski definition) is 2. The summed E-state index contributed by atoms with van der Waals surface area (Å²) in [5.41, 5.74) is 1.65. The molecule has 0 radical (unpaired) electrons. The third-order valence-electron chi connectivity index (χ3n) is 7.93. The van der Waals surface area contributed by atoms with Gasteiger partial charge in [-0.05, 0) is 42.0 Å². The smallest absolute Gasteiger partial charge is 0.163 e. The molecule has 6 nitrogen and oxygen atoms in total. The number of hydrogen-bond acceptors (Lipinski definition) is 5. The van der Waals surface area contributed by atoms with Gasteiger partial charge in [0.1, 0.15) is 29.4 Å². The van der Waals surface area contributed by atoms with Gasteiger partial charge in [-0.1, -0.05) is 65.8 Å². The molecule has 0 bridgehead atoms. The van der Waals surface area contributed by atoms with Crippen molar-refractivity contribution in [2.24, 2.45) is 7.05 Å². The Balaban J connectivity index is 1.49. The highest BCUT2D eigenvalue weighted by Crippen LogP contribution is 2.60. The Morgan fingerprint density at radius 1 is 1.00 bits per heavy atom. The van der Waals surface area contributed by atoms with E-state index in [0.29, 0.717) is 65.5 Å². The lowest BCUT2D eigenvalue weighted by Gasteiger charge is -2.49. The van der Waals surface area contributed by atoms with Crippen LogP contribution in [0.5, 0.6) is 5.75 Å². The fraction of sp³-hybridized carbons (Fsp3) is 0.233. The first kappa shape index (κ1) is 21.4. The fourth-order valence-electron chi connectivity index (χ4n) is 6.22. The predicted octanol–water partition coefficient (Wildman–Crippen LogP) is 5.19. The molecule has 0 saturated heterocycles. The van der Waals surface area contributed by atoms with Crippen molar-refractivity contribution in [3.05, 3.63) is 107 Å². The molecular formula is C30H26N2O4. The fourth-order valence-corrected chi connectivity index (χ4v) is 6.22. The summed E-state index contributed by atoms with van der Waals surface area (Å²) < 4.78 is 14.1. The van der Waals surface area contributed by atoms with Crippen molar-refractivity contribution >= 4 is 10.9 Å². The molecule has 0 amide bonds. The number of aryl methyl sites for hydroxylation is 2. The highest BCUT2D eigenvalue weighted by Gasteiger charge is 2.62. The highest BCUT2D eigenvalue weighted by molar-refractivity contribution is 5.85. The summed E-state index contributed by atoms with van der Waals surface area (Å²) >= 11 is 0. The van der Waals surface area contributed by atoms with Gasteiger partial charge in [-0.3, -0.25) is 0 Å². The first-order valence-electron chi connectivity index (χ1n) is 12.3. The molecule has 0 aliphatic heterocycles. The quantitative estimate of drug-likeness (QED) is 0.372. The predicted molar refractivity (Wildman–Crippen MR) is 135 cm³/mol. The first-order chi connectivity index (χ1) is 17.5.